The fourth-order valence-electron chi connectivity index (χ4n) is 3.46. The maximum absolute atomic E-state index is 10.9. The maximum Gasteiger partial charge on any atom is 0.103 e. The van der Waals surface area contributed by atoms with E-state index in [9.17, 15) is 5.11 Å². The number of fused-ring (bicyclic) bond motifs is 1. The Morgan fingerprint density at radius 1 is 1.29 bits per heavy atom. The van der Waals surface area contributed by atoms with Crippen molar-refractivity contribution in [2.24, 2.45) is 0 Å². The molecule has 6 heteroatoms. The van der Waals surface area contributed by atoms with E-state index in [0.717, 1.165) is 35.2 Å². The average molecular weight is 323 g/mol. The van der Waals surface area contributed by atoms with Crippen molar-refractivity contribution in [3.05, 3.63) is 48.4 Å². The molecule has 3 aromatic rings. The molecule has 124 valence electrons. The van der Waals surface area contributed by atoms with Gasteiger partial charge in [-0.05, 0) is 25.0 Å². The lowest BCUT2D eigenvalue weighted by atomic mass is 10.0. The van der Waals surface area contributed by atoms with Gasteiger partial charge in [-0.15, -0.1) is 5.10 Å². The minimum Gasteiger partial charge on any atom is -0.386 e. The zero-order valence-corrected chi connectivity index (χ0v) is 13.8. The lowest BCUT2D eigenvalue weighted by Crippen LogP contribution is -2.38. The number of rotatable bonds is 4. The number of pyridine rings is 1. The second kappa shape index (κ2) is 5.87. The topological polar surface area (TPSA) is 67.1 Å². The van der Waals surface area contributed by atoms with Crippen LogP contribution < -0.4 is 4.90 Å². The molecule has 0 saturated carbocycles. The Morgan fingerprint density at radius 2 is 2.17 bits per heavy atom. The summed E-state index contributed by atoms with van der Waals surface area (Å²) in [5.41, 5.74) is 2.46. The molecular weight excluding hydrogens is 302 g/mol. The summed E-state index contributed by atoms with van der Waals surface area (Å²) < 4.78 is 1.70. The number of benzene rings is 1. The van der Waals surface area contributed by atoms with Crippen LogP contribution in [0.2, 0.25) is 0 Å². The first-order chi connectivity index (χ1) is 11.7. The first kappa shape index (κ1) is 15.1. The molecule has 1 aliphatic heterocycles. The van der Waals surface area contributed by atoms with E-state index in [1.807, 2.05) is 12.1 Å². The van der Waals surface area contributed by atoms with Gasteiger partial charge in [-0.2, -0.15) is 0 Å². The third kappa shape index (κ3) is 2.73. The van der Waals surface area contributed by atoms with E-state index in [1.165, 1.54) is 0 Å². The van der Waals surface area contributed by atoms with Crippen molar-refractivity contribution in [1.29, 1.82) is 0 Å². The molecule has 1 aromatic carbocycles. The molecule has 4 rings (SSSR count). The number of anilines is 1. The monoisotopic (exact) mass is 323 g/mol. The molecule has 6 nitrogen and oxygen atoms in total. The van der Waals surface area contributed by atoms with Gasteiger partial charge in [-0.3, -0.25) is 4.98 Å². The Labute approximate surface area is 140 Å². The van der Waals surface area contributed by atoms with Crippen molar-refractivity contribution in [2.45, 2.75) is 31.9 Å². The molecule has 1 N–H and O–H groups in total. The van der Waals surface area contributed by atoms with Crippen LogP contribution in [0.5, 0.6) is 0 Å². The van der Waals surface area contributed by atoms with Gasteiger partial charge in [0.2, 0.25) is 0 Å². The van der Waals surface area contributed by atoms with Gasteiger partial charge in [0.15, 0.2) is 0 Å². The number of hydrogen-bond donors (Lipinski definition) is 1. The van der Waals surface area contributed by atoms with Crippen LogP contribution in [-0.4, -0.2) is 43.8 Å². The highest BCUT2D eigenvalue weighted by Crippen LogP contribution is 2.33. The molecule has 0 spiro atoms. The van der Waals surface area contributed by atoms with Crippen LogP contribution >= 0.6 is 0 Å². The second-order valence-electron chi connectivity index (χ2n) is 6.50. The molecule has 1 aliphatic rings. The Hall–Kier alpha value is -2.47. The molecule has 0 amide bonds. The Balaban J connectivity index is 1.66. The van der Waals surface area contributed by atoms with Crippen LogP contribution in [0.15, 0.2) is 42.7 Å². The molecule has 2 aromatic heterocycles. The summed E-state index contributed by atoms with van der Waals surface area (Å²) >= 11 is 0. The summed E-state index contributed by atoms with van der Waals surface area (Å²) in [5, 5.41) is 19.9. The predicted octanol–water partition coefficient (Wildman–Crippen LogP) is 2.03. The molecule has 0 bridgehead atoms. The standard InChI is InChI=1S/C18H21N5O/c1-2-14-11-17(15-5-3-4-6-16(15)20-14)22-9-7-18(24,12-22)13-23-10-8-19-21-23/h3-6,8,10-11,24H,2,7,9,12-13H2,1H3. The number of aromatic nitrogens is 4. The number of para-hydroxylation sites is 1. The fraction of sp³-hybridized carbons (Fsp3) is 0.389. The van der Waals surface area contributed by atoms with Crippen molar-refractivity contribution in [3.8, 4) is 0 Å². The molecule has 0 aliphatic carbocycles. The smallest absolute Gasteiger partial charge is 0.103 e. The lowest BCUT2D eigenvalue weighted by Gasteiger charge is -2.25. The molecule has 24 heavy (non-hydrogen) atoms. The number of nitrogens with zero attached hydrogens (tertiary/aromatic N) is 5. The summed E-state index contributed by atoms with van der Waals surface area (Å²) in [7, 11) is 0. The molecule has 3 heterocycles. The van der Waals surface area contributed by atoms with Crippen LogP contribution in [0.3, 0.4) is 0 Å². The van der Waals surface area contributed by atoms with Gasteiger partial charge >= 0.3 is 0 Å². The van der Waals surface area contributed by atoms with E-state index < -0.39 is 5.60 Å². The van der Waals surface area contributed by atoms with E-state index >= 15 is 0 Å². The zero-order chi connectivity index (χ0) is 16.6. The quantitative estimate of drug-likeness (QED) is 0.796. The van der Waals surface area contributed by atoms with E-state index in [0.29, 0.717) is 19.5 Å². The lowest BCUT2D eigenvalue weighted by molar-refractivity contribution is 0.0409. The van der Waals surface area contributed by atoms with Gasteiger partial charge in [0, 0.05) is 36.1 Å². The van der Waals surface area contributed by atoms with Crippen LogP contribution in [-0.2, 0) is 13.0 Å². The van der Waals surface area contributed by atoms with E-state index in [2.05, 4.69) is 40.3 Å². The van der Waals surface area contributed by atoms with Gasteiger partial charge in [0.1, 0.15) is 5.60 Å². The second-order valence-corrected chi connectivity index (χ2v) is 6.50. The van der Waals surface area contributed by atoms with E-state index in [-0.39, 0.29) is 0 Å². The van der Waals surface area contributed by atoms with Gasteiger partial charge in [-0.25, -0.2) is 4.68 Å². The summed E-state index contributed by atoms with van der Waals surface area (Å²) in [4.78, 5) is 6.98. The normalized spacial score (nSPS) is 20.8. The number of aryl methyl sites for hydroxylation is 1. The highest BCUT2D eigenvalue weighted by molar-refractivity contribution is 5.92. The maximum atomic E-state index is 10.9. The Morgan fingerprint density at radius 3 is 2.96 bits per heavy atom. The molecular formula is C18H21N5O. The summed E-state index contributed by atoms with van der Waals surface area (Å²) in [6, 6.07) is 10.4. The molecule has 1 saturated heterocycles. The first-order valence-corrected chi connectivity index (χ1v) is 8.37. The zero-order valence-electron chi connectivity index (χ0n) is 13.8. The summed E-state index contributed by atoms with van der Waals surface area (Å²) in [6.07, 6.45) is 5.04. The van der Waals surface area contributed by atoms with Gasteiger partial charge in [0.05, 0.1) is 18.3 Å². The third-order valence-corrected chi connectivity index (χ3v) is 4.71. The largest absolute Gasteiger partial charge is 0.386 e. The van der Waals surface area contributed by atoms with Gasteiger partial charge < -0.3 is 10.0 Å². The van der Waals surface area contributed by atoms with Gasteiger partial charge in [-0.1, -0.05) is 30.3 Å². The first-order valence-electron chi connectivity index (χ1n) is 8.37. The van der Waals surface area contributed by atoms with Crippen molar-refractivity contribution < 1.29 is 5.11 Å². The predicted molar refractivity (Wildman–Crippen MR) is 92.9 cm³/mol. The third-order valence-electron chi connectivity index (χ3n) is 4.71. The van der Waals surface area contributed by atoms with E-state index in [4.69, 9.17) is 4.98 Å². The van der Waals surface area contributed by atoms with E-state index in [1.54, 1.807) is 17.1 Å². The Bertz CT molecular complexity index is 848. The molecule has 1 unspecified atom stereocenters. The highest BCUT2D eigenvalue weighted by atomic mass is 16.3. The van der Waals surface area contributed by atoms with Crippen LogP contribution in [0, 0.1) is 0 Å². The number of β-amino-alcohol motifs (C(OH)–C–C–N with tert-alkyl or cyclic N) is 1. The molecule has 1 fully saturated rings. The van der Waals surface area contributed by atoms with Crippen molar-refractivity contribution in [3.63, 3.8) is 0 Å². The van der Waals surface area contributed by atoms with Gasteiger partial charge in [0.25, 0.3) is 0 Å². The van der Waals surface area contributed by atoms with Crippen LogP contribution in [0.4, 0.5) is 5.69 Å². The fourth-order valence-corrected chi connectivity index (χ4v) is 3.46. The minimum absolute atomic E-state index is 0.465. The minimum atomic E-state index is -0.787. The van der Waals surface area contributed by atoms with Crippen LogP contribution in [0.25, 0.3) is 10.9 Å². The van der Waals surface area contributed by atoms with Crippen molar-refractivity contribution >= 4 is 16.6 Å². The number of aliphatic hydroxyl groups is 1. The number of hydrogen-bond acceptors (Lipinski definition) is 5. The average Bonchev–Trinajstić information content (AvgIpc) is 3.24. The summed E-state index contributed by atoms with van der Waals surface area (Å²) in [6.45, 7) is 3.99. The van der Waals surface area contributed by atoms with Crippen molar-refractivity contribution in [1.82, 2.24) is 20.0 Å². The SMILES string of the molecule is CCc1cc(N2CCC(O)(Cn3ccnn3)C2)c2ccccc2n1. The summed E-state index contributed by atoms with van der Waals surface area (Å²) in [5.74, 6) is 0. The van der Waals surface area contributed by atoms with Crippen molar-refractivity contribution in [2.75, 3.05) is 18.0 Å². The molecule has 0 radical (unpaired) electrons. The highest BCUT2D eigenvalue weighted by Gasteiger charge is 2.37. The van der Waals surface area contributed by atoms with Crippen LogP contribution in [0.1, 0.15) is 19.0 Å². The Kier molecular flexibility index (Phi) is 3.69. The molecule has 1 atom stereocenters.